The number of aromatic nitrogens is 2. The highest BCUT2D eigenvalue weighted by Crippen LogP contribution is 2.26. The van der Waals surface area contributed by atoms with E-state index in [0.717, 1.165) is 17.0 Å². The Morgan fingerprint density at radius 2 is 1.81 bits per heavy atom. The third-order valence-corrected chi connectivity index (χ3v) is 5.01. The zero-order valence-corrected chi connectivity index (χ0v) is 18.1. The zero-order chi connectivity index (χ0) is 22.7. The topological polar surface area (TPSA) is 89.2 Å². The Morgan fingerprint density at radius 3 is 2.50 bits per heavy atom. The van der Waals surface area contributed by atoms with Gasteiger partial charge in [-0.2, -0.15) is 5.10 Å². The summed E-state index contributed by atoms with van der Waals surface area (Å²) in [4.78, 5) is 24.6. The van der Waals surface area contributed by atoms with E-state index in [-0.39, 0.29) is 17.9 Å². The van der Waals surface area contributed by atoms with Gasteiger partial charge < -0.3 is 15.1 Å². The molecule has 0 aliphatic rings. The normalized spacial score (nSPS) is 11.7. The summed E-state index contributed by atoms with van der Waals surface area (Å²) in [5, 5.41) is 10.4. The first-order chi connectivity index (χ1) is 15.4. The molecule has 2 amide bonds. The molecule has 2 aromatic carbocycles. The van der Waals surface area contributed by atoms with Crippen LogP contribution in [0.4, 0.5) is 5.69 Å². The van der Waals surface area contributed by atoms with E-state index < -0.39 is 0 Å². The number of anilines is 1. The maximum Gasteiger partial charge on any atom is 0.255 e. The van der Waals surface area contributed by atoms with Crippen molar-refractivity contribution < 1.29 is 14.0 Å². The molecule has 1 unspecified atom stereocenters. The lowest BCUT2D eigenvalue weighted by atomic mass is 10.1. The Kier molecular flexibility index (Phi) is 5.89. The molecule has 2 N–H and O–H groups in total. The molecule has 2 heterocycles. The van der Waals surface area contributed by atoms with Gasteiger partial charge in [0.1, 0.15) is 11.5 Å². The van der Waals surface area contributed by atoms with Gasteiger partial charge in [0.25, 0.3) is 5.91 Å². The van der Waals surface area contributed by atoms with Crippen molar-refractivity contribution in [2.24, 2.45) is 0 Å². The van der Waals surface area contributed by atoms with Crippen molar-refractivity contribution in [1.29, 1.82) is 0 Å². The number of hydrogen-bond donors (Lipinski definition) is 2. The molecule has 2 aromatic heterocycles. The van der Waals surface area contributed by atoms with E-state index in [1.165, 1.54) is 6.92 Å². The first-order valence-electron chi connectivity index (χ1n) is 10.3. The average molecular weight is 428 g/mol. The van der Waals surface area contributed by atoms with E-state index in [1.54, 1.807) is 16.9 Å². The summed E-state index contributed by atoms with van der Waals surface area (Å²) in [6.45, 7) is 5.20. The molecule has 0 fully saturated rings. The van der Waals surface area contributed by atoms with E-state index in [4.69, 9.17) is 4.42 Å². The summed E-state index contributed by atoms with van der Waals surface area (Å²) in [5.41, 5.74) is 3.27. The minimum absolute atomic E-state index is 0.148. The minimum atomic E-state index is -0.289. The Hall–Kier alpha value is -4.13. The molecule has 0 saturated carbocycles. The van der Waals surface area contributed by atoms with Crippen LogP contribution in [0.15, 0.2) is 77.3 Å². The quantitative estimate of drug-likeness (QED) is 0.458. The van der Waals surface area contributed by atoms with Crippen LogP contribution in [0.3, 0.4) is 0 Å². The second kappa shape index (κ2) is 8.93. The second-order valence-corrected chi connectivity index (χ2v) is 7.58. The van der Waals surface area contributed by atoms with Gasteiger partial charge in [0.05, 0.1) is 17.3 Å². The van der Waals surface area contributed by atoms with Gasteiger partial charge in [-0.15, -0.1) is 0 Å². The van der Waals surface area contributed by atoms with Crippen LogP contribution in [0.25, 0.3) is 17.1 Å². The number of carbonyl (C=O) groups is 2. The van der Waals surface area contributed by atoms with E-state index in [2.05, 4.69) is 15.7 Å². The standard InChI is InChI=1S/C25H24N4O3/c1-16-12-13-23(32-16)24-22(15-29(28-24)21-10-5-4-6-11-21)25(31)26-17(2)19-8-7-9-20(14-19)27-18(3)30/h4-15,17H,1-3H3,(H,26,31)(H,27,30). The summed E-state index contributed by atoms with van der Waals surface area (Å²) in [6.07, 6.45) is 1.71. The fourth-order valence-electron chi connectivity index (χ4n) is 3.44. The molecule has 0 saturated heterocycles. The number of rotatable bonds is 6. The van der Waals surface area contributed by atoms with Crippen molar-refractivity contribution in [3.05, 3.63) is 89.8 Å². The molecule has 32 heavy (non-hydrogen) atoms. The number of benzene rings is 2. The summed E-state index contributed by atoms with van der Waals surface area (Å²) in [7, 11) is 0. The molecule has 0 aliphatic heterocycles. The highest BCUT2D eigenvalue weighted by Gasteiger charge is 2.22. The summed E-state index contributed by atoms with van der Waals surface area (Å²) in [6, 6.07) is 20.3. The van der Waals surface area contributed by atoms with Crippen molar-refractivity contribution in [2.75, 3.05) is 5.32 Å². The monoisotopic (exact) mass is 428 g/mol. The van der Waals surface area contributed by atoms with Gasteiger partial charge in [0.15, 0.2) is 5.76 Å². The Balaban J connectivity index is 1.64. The van der Waals surface area contributed by atoms with Crippen molar-refractivity contribution in [1.82, 2.24) is 15.1 Å². The van der Waals surface area contributed by atoms with Crippen LogP contribution >= 0.6 is 0 Å². The molecule has 0 bridgehead atoms. The molecular formula is C25H24N4O3. The number of nitrogens with zero attached hydrogens (tertiary/aromatic N) is 2. The number of carbonyl (C=O) groups excluding carboxylic acids is 2. The lowest BCUT2D eigenvalue weighted by Gasteiger charge is -2.15. The van der Waals surface area contributed by atoms with Crippen molar-refractivity contribution in [2.45, 2.75) is 26.8 Å². The van der Waals surface area contributed by atoms with Crippen LogP contribution in [-0.4, -0.2) is 21.6 Å². The van der Waals surface area contributed by atoms with E-state index >= 15 is 0 Å². The van der Waals surface area contributed by atoms with Crippen molar-refractivity contribution >= 4 is 17.5 Å². The fourth-order valence-corrected chi connectivity index (χ4v) is 3.44. The summed E-state index contributed by atoms with van der Waals surface area (Å²) in [5.74, 6) is 0.852. The van der Waals surface area contributed by atoms with Gasteiger partial charge in [-0.05, 0) is 55.8 Å². The van der Waals surface area contributed by atoms with Crippen molar-refractivity contribution in [3.63, 3.8) is 0 Å². The molecular weight excluding hydrogens is 404 g/mol. The molecule has 4 aromatic rings. The number of hydrogen-bond acceptors (Lipinski definition) is 4. The number of nitrogens with one attached hydrogen (secondary N) is 2. The molecule has 1 atom stereocenters. The van der Waals surface area contributed by atoms with Crippen LogP contribution in [0, 0.1) is 6.92 Å². The minimum Gasteiger partial charge on any atom is -0.460 e. The molecule has 162 valence electrons. The molecule has 7 heteroatoms. The number of aryl methyl sites for hydroxylation is 1. The predicted octanol–water partition coefficient (Wildman–Crippen LogP) is 4.89. The smallest absolute Gasteiger partial charge is 0.255 e. The Bertz CT molecular complexity index is 1260. The van der Waals surface area contributed by atoms with Gasteiger partial charge in [0.2, 0.25) is 5.91 Å². The van der Waals surface area contributed by atoms with Crippen LogP contribution < -0.4 is 10.6 Å². The molecule has 0 aliphatic carbocycles. The number of para-hydroxylation sites is 1. The first kappa shape index (κ1) is 21.1. The fraction of sp³-hybridized carbons (Fsp3) is 0.160. The molecule has 7 nitrogen and oxygen atoms in total. The van der Waals surface area contributed by atoms with Gasteiger partial charge in [-0.3, -0.25) is 9.59 Å². The van der Waals surface area contributed by atoms with Crippen molar-refractivity contribution in [3.8, 4) is 17.1 Å². The van der Waals surface area contributed by atoms with Gasteiger partial charge >= 0.3 is 0 Å². The van der Waals surface area contributed by atoms with E-state index in [9.17, 15) is 9.59 Å². The van der Waals surface area contributed by atoms with E-state index in [1.807, 2.05) is 74.5 Å². The van der Waals surface area contributed by atoms with Crippen LogP contribution in [0.5, 0.6) is 0 Å². The zero-order valence-electron chi connectivity index (χ0n) is 18.1. The van der Waals surface area contributed by atoms with Crippen LogP contribution in [0.2, 0.25) is 0 Å². The Morgan fingerprint density at radius 1 is 1.03 bits per heavy atom. The second-order valence-electron chi connectivity index (χ2n) is 7.58. The Labute approximate surface area is 186 Å². The summed E-state index contributed by atoms with van der Waals surface area (Å²) < 4.78 is 7.43. The van der Waals surface area contributed by atoms with Crippen LogP contribution in [-0.2, 0) is 4.79 Å². The molecule has 4 rings (SSSR count). The third kappa shape index (κ3) is 4.62. The maximum atomic E-state index is 13.3. The largest absolute Gasteiger partial charge is 0.460 e. The number of furan rings is 1. The average Bonchev–Trinajstić information content (AvgIpc) is 3.40. The maximum absolute atomic E-state index is 13.3. The van der Waals surface area contributed by atoms with Gasteiger partial charge in [-0.25, -0.2) is 4.68 Å². The summed E-state index contributed by atoms with van der Waals surface area (Å²) >= 11 is 0. The van der Waals surface area contributed by atoms with E-state index in [0.29, 0.717) is 22.7 Å². The van der Waals surface area contributed by atoms with Gasteiger partial charge in [-0.1, -0.05) is 30.3 Å². The third-order valence-electron chi connectivity index (χ3n) is 5.01. The molecule has 0 spiro atoms. The first-order valence-corrected chi connectivity index (χ1v) is 10.3. The predicted molar refractivity (Wildman–Crippen MR) is 123 cm³/mol. The SMILES string of the molecule is CC(=O)Nc1cccc(C(C)NC(=O)c2cn(-c3ccccc3)nc2-c2ccc(C)o2)c1. The molecule has 0 radical (unpaired) electrons. The highest BCUT2D eigenvalue weighted by molar-refractivity contribution is 5.99. The lowest BCUT2D eigenvalue weighted by molar-refractivity contribution is -0.114. The van der Waals surface area contributed by atoms with Crippen LogP contribution in [0.1, 0.15) is 41.6 Å². The van der Waals surface area contributed by atoms with Gasteiger partial charge in [0, 0.05) is 18.8 Å². The lowest BCUT2D eigenvalue weighted by Crippen LogP contribution is -2.27. The highest BCUT2D eigenvalue weighted by atomic mass is 16.3. The number of amides is 2.